The Bertz CT molecular complexity index is 289. The van der Waals surface area contributed by atoms with Crippen LogP contribution in [0.15, 0.2) is 0 Å². The van der Waals surface area contributed by atoms with Gasteiger partial charge in [-0.3, -0.25) is 14.9 Å². The number of nitrogens with one attached hydrogen (secondary N) is 2. The maximum atomic E-state index is 11.5. The van der Waals surface area contributed by atoms with E-state index in [1.54, 1.807) is 7.11 Å². The summed E-state index contributed by atoms with van der Waals surface area (Å²) in [6.07, 6.45) is 2.06. The molecule has 0 spiro atoms. The first-order valence-corrected chi connectivity index (χ1v) is 5.77. The van der Waals surface area contributed by atoms with Crippen molar-refractivity contribution in [2.45, 2.75) is 37.8 Å². The van der Waals surface area contributed by atoms with Crippen molar-refractivity contribution < 1.29 is 19.4 Å². The number of rotatable bonds is 7. The van der Waals surface area contributed by atoms with E-state index in [0.29, 0.717) is 19.4 Å². The van der Waals surface area contributed by atoms with Crippen molar-refractivity contribution in [3.63, 3.8) is 0 Å². The van der Waals surface area contributed by atoms with Crippen LogP contribution in [0.25, 0.3) is 0 Å². The number of aliphatic carboxylic acids is 1. The van der Waals surface area contributed by atoms with E-state index in [2.05, 4.69) is 10.6 Å². The molecule has 0 radical (unpaired) electrons. The molecule has 3 N–H and O–H groups in total. The fraction of sp³-hybridized carbons (Fsp3) is 0.818. The molecule has 1 fully saturated rings. The summed E-state index contributed by atoms with van der Waals surface area (Å²) in [7, 11) is 1.56. The maximum absolute atomic E-state index is 11.5. The highest BCUT2D eigenvalue weighted by atomic mass is 16.5. The Hall–Kier alpha value is -1.14. The fourth-order valence-corrected chi connectivity index (χ4v) is 1.86. The first-order chi connectivity index (χ1) is 8.00. The van der Waals surface area contributed by atoms with E-state index < -0.39 is 11.5 Å². The standard InChI is InChI=1S/C11H20N2O4/c1-8(7-17-2)13-9(14)6-12-11(10(15)16)4-3-5-11/h8,12H,3-7H2,1-2H3,(H,13,14)(H,15,16). The van der Waals surface area contributed by atoms with E-state index in [1.165, 1.54) is 0 Å². The van der Waals surface area contributed by atoms with Gasteiger partial charge < -0.3 is 15.2 Å². The summed E-state index contributed by atoms with van der Waals surface area (Å²) in [4.78, 5) is 22.5. The number of ether oxygens (including phenoxy) is 1. The van der Waals surface area contributed by atoms with Crippen LogP contribution in [0.5, 0.6) is 0 Å². The van der Waals surface area contributed by atoms with Crippen LogP contribution in [-0.2, 0) is 14.3 Å². The lowest BCUT2D eigenvalue weighted by Crippen LogP contribution is -2.59. The van der Waals surface area contributed by atoms with Crippen molar-refractivity contribution in [2.75, 3.05) is 20.3 Å². The lowest BCUT2D eigenvalue weighted by Gasteiger charge is -2.38. The Morgan fingerprint density at radius 1 is 1.47 bits per heavy atom. The van der Waals surface area contributed by atoms with Crippen molar-refractivity contribution >= 4 is 11.9 Å². The molecule has 17 heavy (non-hydrogen) atoms. The smallest absolute Gasteiger partial charge is 0.323 e. The number of carboxylic acid groups (broad SMARTS) is 1. The summed E-state index contributed by atoms with van der Waals surface area (Å²) in [6, 6.07) is -0.0727. The number of carbonyl (C=O) groups excluding carboxylic acids is 1. The molecule has 0 aromatic carbocycles. The van der Waals surface area contributed by atoms with Gasteiger partial charge in [-0.05, 0) is 26.2 Å². The second-order valence-corrected chi connectivity index (χ2v) is 4.52. The molecule has 1 amide bonds. The molecule has 6 heteroatoms. The van der Waals surface area contributed by atoms with Crippen LogP contribution in [0.3, 0.4) is 0 Å². The van der Waals surface area contributed by atoms with Crippen LogP contribution in [0.1, 0.15) is 26.2 Å². The monoisotopic (exact) mass is 244 g/mol. The molecule has 6 nitrogen and oxygen atoms in total. The van der Waals surface area contributed by atoms with Crippen LogP contribution in [0.2, 0.25) is 0 Å². The minimum absolute atomic E-state index is 0.0281. The molecule has 0 saturated heterocycles. The molecule has 1 unspecified atom stereocenters. The Balaban J connectivity index is 2.30. The molecule has 1 atom stereocenters. The van der Waals surface area contributed by atoms with Gasteiger partial charge in [0.1, 0.15) is 5.54 Å². The third-order valence-corrected chi connectivity index (χ3v) is 3.03. The average molecular weight is 244 g/mol. The van der Waals surface area contributed by atoms with E-state index in [0.717, 1.165) is 6.42 Å². The highest BCUT2D eigenvalue weighted by Crippen LogP contribution is 2.31. The molecule has 1 rings (SSSR count). The summed E-state index contributed by atoms with van der Waals surface area (Å²) >= 11 is 0. The van der Waals surface area contributed by atoms with E-state index >= 15 is 0 Å². The van der Waals surface area contributed by atoms with Gasteiger partial charge in [0, 0.05) is 13.2 Å². The van der Waals surface area contributed by atoms with Crippen LogP contribution in [0, 0.1) is 0 Å². The first-order valence-electron chi connectivity index (χ1n) is 5.77. The second-order valence-electron chi connectivity index (χ2n) is 4.52. The molecule has 0 aromatic heterocycles. The minimum atomic E-state index is -0.887. The Morgan fingerprint density at radius 3 is 2.53 bits per heavy atom. The number of carboxylic acids is 1. The Labute approximate surface area is 101 Å². The lowest BCUT2D eigenvalue weighted by molar-refractivity contribution is -0.149. The molecule has 0 heterocycles. The van der Waals surface area contributed by atoms with Gasteiger partial charge in [0.05, 0.1) is 13.2 Å². The van der Waals surface area contributed by atoms with Gasteiger partial charge in [-0.15, -0.1) is 0 Å². The predicted molar refractivity (Wildman–Crippen MR) is 61.7 cm³/mol. The largest absolute Gasteiger partial charge is 0.480 e. The summed E-state index contributed by atoms with van der Waals surface area (Å²) in [5.74, 6) is -1.08. The summed E-state index contributed by atoms with van der Waals surface area (Å²) < 4.78 is 4.89. The zero-order valence-corrected chi connectivity index (χ0v) is 10.3. The molecule has 1 aliphatic rings. The second kappa shape index (κ2) is 5.97. The SMILES string of the molecule is COCC(C)NC(=O)CNC1(C(=O)O)CCC1. The molecule has 0 aromatic rings. The van der Waals surface area contributed by atoms with E-state index in [1.807, 2.05) is 6.92 Å². The van der Waals surface area contributed by atoms with Gasteiger partial charge in [-0.1, -0.05) is 0 Å². The van der Waals surface area contributed by atoms with Crippen molar-refractivity contribution in [2.24, 2.45) is 0 Å². The average Bonchev–Trinajstić information content (AvgIpc) is 2.15. The van der Waals surface area contributed by atoms with Crippen molar-refractivity contribution in [1.29, 1.82) is 0 Å². The normalized spacial score (nSPS) is 19.2. The molecule has 0 bridgehead atoms. The van der Waals surface area contributed by atoms with Gasteiger partial charge in [-0.25, -0.2) is 0 Å². The van der Waals surface area contributed by atoms with Crippen LogP contribution < -0.4 is 10.6 Å². The maximum Gasteiger partial charge on any atom is 0.323 e. The lowest BCUT2D eigenvalue weighted by atomic mass is 9.77. The molecular weight excluding hydrogens is 224 g/mol. The molecule has 0 aliphatic heterocycles. The number of amides is 1. The van der Waals surface area contributed by atoms with Gasteiger partial charge in [0.2, 0.25) is 5.91 Å². The van der Waals surface area contributed by atoms with E-state index in [-0.39, 0.29) is 18.5 Å². The Kier molecular flexibility index (Phi) is 4.89. The van der Waals surface area contributed by atoms with Crippen LogP contribution in [0.4, 0.5) is 0 Å². The fourth-order valence-electron chi connectivity index (χ4n) is 1.86. The Morgan fingerprint density at radius 2 is 2.12 bits per heavy atom. The molecule has 1 aliphatic carbocycles. The highest BCUT2D eigenvalue weighted by molar-refractivity contribution is 5.83. The predicted octanol–water partition coefficient (Wildman–Crippen LogP) is -0.266. The van der Waals surface area contributed by atoms with Gasteiger partial charge in [-0.2, -0.15) is 0 Å². The number of carbonyl (C=O) groups is 2. The summed E-state index contributed by atoms with van der Waals surface area (Å²) in [5.41, 5.74) is -0.887. The number of hydrogen-bond donors (Lipinski definition) is 3. The zero-order chi connectivity index (χ0) is 12.9. The highest BCUT2D eigenvalue weighted by Gasteiger charge is 2.44. The summed E-state index contributed by atoms with van der Waals surface area (Å²) in [5, 5.41) is 14.6. The number of hydrogen-bond acceptors (Lipinski definition) is 4. The van der Waals surface area contributed by atoms with Crippen LogP contribution >= 0.6 is 0 Å². The van der Waals surface area contributed by atoms with E-state index in [4.69, 9.17) is 9.84 Å². The molecule has 98 valence electrons. The third kappa shape index (κ3) is 3.67. The van der Waals surface area contributed by atoms with Crippen molar-refractivity contribution in [3.05, 3.63) is 0 Å². The van der Waals surface area contributed by atoms with Crippen LogP contribution in [-0.4, -0.2) is 48.8 Å². The minimum Gasteiger partial charge on any atom is -0.480 e. The van der Waals surface area contributed by atoms with Crippen molar-refractivity contribution in [3.8, 4) is 0 Å². The quantitative estimate of drug-likeness (QED) is 0.574. The van der Waals surface area contributed by atoms with E-state index in [9.17, 15) is 9.59 Å². The molecular formula is C11H20N2O4. The van der Waals surface area contributed by atoms with Crippen molar-refractivity contribution in [1.82, 2.24) is 10.6 Å². The summed E-state index contributed by atoms with van der Waals surface area (Å²) in [6.45, 7) is 2.30. The third-order valence-electron chi connectivity index (χ3n) is 3.03. The topological polar surface area (TPSA) is 87.7 Å². The molecule has 1 saturated carbocycles. The number of methoxy groups -OCH3 is 1. The van der Waals surface area contributed by atoms with Gasteiger partial charge in [0.25, 0.3) is 0 Å². The first kappa shape index (κ1) is 13.9. The van der Waals surface area contributed by atoms with Gasteiger partial charge >= 0.3 is 5.97 Å². The zero-order valence-electron chi connectivity index (χ0n) is 10.3. The van der Waals surface area contributed by atoms with Gasteiger partial charge in [0.15, 0.2) is 0 Å².